The van der Waals surface area contributed by atoms with E-state index in [1.54, 1.807) is 11.1 Å². The zero-order valence-electron chi connectivity index (χ0n) is 11.3. The number of amides is 2. The maximum Gasteiger partial charge on any atom is 0.317 e. The number of ether oxygens (including phenoxy) is 1. The van der Waals surface area contributed by atoms with Crippen LogP contribution in [0.1, 0.15) is 26.3 Å². The van der Waals surface area contributed by atoms with Crippen LogP contribution in [0.2, 0.25) is 0 Å². The Bertz CT molecular complexity index is 378. The van der Waals surface area contributed by atoms with E-state index in [9.17, 15) is 4.79 Å². The van der Waals surface area contributed by atoms with E-state index in [4.69, 9.17) is 4.74 Å². The van der Waals surface area contributed by atoms with Gasteiger partial charge in [-0.3, -0.25) is 0 Å². The van der Waals surface area contributed by atoms with Gasteiger partial charge in [-0.05, 0) is 26.8 Å². The number of nitrogens with one attached hydrogen (secondary N) is 1. The molecule has 0 saturated heterocycles. The summed E-state index contributed by atoms with van der Waals surface area (Å²) >= 11 is 0. The van der Waals surface area contributed by atoms with Crippen molar-refractivity contribution >= 4 is 6.03 Å². The van der Waals surface area contributed by atoms with Gasteiger partial charge in [-0.25, -0.2) is 9.78 Å². The number of pyridine rings is 1. The second kappa shape index (κ2) is 7.53. The SMILES string of the molecule is CCOc1ncccc1CNC(=O)N(CC)CC. The summed E-state index contributed by atoms with van der Waals surface area (Å²) in [6.45, 7) is 8.22. The minimum atomic E-state index is -0.0636. The highest BCUT2D eigenvalue weighted by molar-refractivity contribution is 5.74. The highest BCUT2D eigenvalue weighted by Crippen LogP contribution is 2.13. The van der Waals surface area contributed by atoms with Crippen molar-refractivity contribution in [2.45, 2.75) is 27.3 Å². The third kappa shape index (κ3) is 3.91. The molecule has 5 heteroatoms. The monoisotopic (exact) mass is 251 g/mol. The molecule has 100 valence electrons. The maximum atomic E-state index is 11.8. The van der Waals surface area contributed by atoms with Gasteiger partial charge in [0.05, 0.1) is 6.61 Å². The molecule has 0 aliphatic carbocycles. The summed E-state index contributed by atoms with van der Waals surface area (Å²) in [6.07, 6.45) is 1.68. The van der Waals surface area contributed by atoms with Crippen LogP contribution in [0.25, 0.3) is 0 Å². The van der Waals surface area contributed by atoms with Gasteiger partial charge in [0.1, 0.15) is 0 Å². The van der Waals surface area contributed by atoms with Gasteiger partial charge in [0, 0.05) is 31.4 Å². The molecule has 0 aliphatic heterocycles. The van der Waals surface area contributed by atoms with Gasteiger partial charge < -0.3 is 15.0 Å². The van der Waals surface area contributed by atoms with Crippen molar-refractivity contribution in [3.8, 4) is 5.88 Å². The fourth-order valence-electron chi connectivity index (χ4n) is 1.62. The highest BCUT2D eigenvalue weighted by Gasteiger charge is 2.10. The molecule has 1 heterocycles. The predicted molar refractivity (Wildman–Crippen MR) is 70.6 cm³/mol. The van der Waals surface area contributed by atoms with Gasteiger partial charge in [-0.1, -0.05) is 6.07 Å². The first-order chi connectivity index (χ1) is 8.72. The van der Waals surface area contributed by atoms with Gasteiger partial charge in [-0.15, -0.1) is 0 Å². The number of urea groups is 1. The van der Waals surface area contributed by atoms with Crippen molar-refractivity contribution < 1.29 is 9.53 Å². The van der Waals surface area contributed by atoms with Crippen LogP contribution in [-0.4, -0.2) is 35.6 Å². The fraction of sp³-hybridized carbons (Fsp3) is 0.538. The molecule has 0 bridgehead atoms. The second-order valence-electron chi connectivity index (χ2n) is 3.73. The van der Waals surface area contributed by atoms with Crippen molar-refractivity contribution in [3.05, 3.63) is 23.9 Å². The summed E-state index contributed by atoms with van der Waals surface area (Å²) in [5.74, 6) is 0.583. The second-order valence-corrected chi connectivity index (χ2v) is 3.73. The average molecular weight is 251 g/mol. The zero-order chi connectivity index (χ0) is 13.4. The molecular weight excluding hydrogens is 230 g/mol. The summed E-state index contributed by atoms with van der Waals surface area (Å²) in [7, 11) is 0. The minimum absolute atomic E-state index is 0.0636. The third-order valence-electron chi connectivity index (χ3n) is 2.61. The number of hydrogen-bond donors (Lipinski definition) is 1. The Morgan fingerprint density at radius 1 is 1.39 bits per heavy atom. The topological polar surface area (TPSA) is 54.5 Å². The first kappa shape index (κ1) is 14.3. The van der Waals surface area contributed by atoms with Crippen LogP contribution >= 0.6 is 0 Å². The van der Waals surface area contributed by atoms with Crippen molar-refractivity contribution in [1.82, 2.24) is 15.2 Å². The van der Waals surface area contributed by atoms with Crippen molar-refractivity contribution in [3.63, 3.8) is 0 Å². The number of carbonyl (C=O) groups excluding carboxylic acids is 1. The lowest BCUT2D eigenvalue weighted by Crippen LogP contribution is -2.39. The lowest BCUT2D eigenvalue weighted by atomic mass is 10.2. The molecule has 1 rings (SSSR count). The molecule has 0 aliphatic rings. The van der Waals surface area contributed by atoms with Crippen LogP contribution < -0.4 is 10.1 Å². The van der Waals surface area contributed by atoms with Crippen LogP contribution in [0.5, 0.6) is 5.88 Å². The Morgan fingerprint density at radius 2 is 2.11 bits per heavy atom. The number of carbonyl (C=O) groups is 1. The molecule has 0 spiro atoms. The molecule has 0 atom stereocenters. The predicted octanol–water partition coefficient (Wildman–Crippen LogP) is 2.03. The molecule has 2 amide bonds. The average Bonchev–Trinajstić information content (AvgIpc) is 2.39. The Morgan fingerprint density at radius 3 is 2.72 bits per heavy atom. The van der Waals surface area contributed by atoms with Crippen LogP contribution in [0.15, 0.2) is 18.3 Å². The van der Waals surface area contributed by atoms with E-state index < -0.39 is 0 Å². The lowest BCUT2D eigenvalue weighted by Gasteiger charge is -2.19. The van der Waals surface area contributed by atoms with E-state index in [2.05, 4.69) is 10.3 Å². The molecule has 1 aromatic heterocycles. The van der Waals surface area contributed by atoms with Gasteiger partial charge in [0.25, 0.3) is 0 Å². The van der Waals surface area contributed by atoms with E-state index in [-0.39, 0.29) is 6.03 Å². The summed E-state index contributed by atoms with van der Waals surface area (Å²) < 4.78 is 5.41. The Hall–Kier alpha value is -1.78. The molecule has 1 N–H and O–H groups in total. The molecule has 0 saturated carbocycles. The first-order valence-electron chi connectivity index (χ1n) is 6.32. The van der Waals surface area contributed by atoms with Crippen molar-refractivity contribution in [2.75, 3.05) is 19.7 Å². The van der Waals surface area contributed by atoms with Crippen LogP contribution in [0.4, 0.5) is 4.79 Å². The fourth-order valence-corrected chi connectivity index (χ4v) is 1.62. The molecule has 5 nitrogen and oxygen atoms in total. The molecule has 1 aromatic rings. The first-order valence-corrected chi connectivity index (χ1v) is 6.32. The minimum Gasteiger partial charge on any atom is -0.478 e. The molecular formula is C13H21N3O2. The van der Waals surface area contributed by atoms with Crippen molar-refractivity contribution in [1.29, 1.82) is 0 Å². The highest BCUT2D eigenvalue weighted by atomic mass is 16.5. The smallest absolute Gasteiger partial charge is 0.317 e. The normalized spacial score (nSPS) is 9.94. The quantitative estimate of drug-likeness (QED) is 0.841. The standard InChI is InChI=1S/C13H21N3O2/c1-4-16(5-2)13(17)15-10-11-8-7-9-14-12(11)18-6-3/h7-9H,4-6,10H2,1-3H3,(H,15,17). The molecule has 0 fully saturated rings. The summed E-state index contributed by atoms with van der Waals surface area (Å²) in [5, 5.41) is 2.87. The Labute approximate surface area is 108 Å². The number of rotatable bonds is 6. The Kier molecular flexibility index (Phi) is 5.97. The van der Waals surface area contributed by atoms with Crippen LogP contribution in [-0.2, 0) is 6.54 Å². The van der Waals surface area contributed by atoms with Crippen molar-refractivity contribution in [2.24, 2.45) is 0 Å². The number of aromatic nitrogens is 1. The largest absolute Gasteiger partial charge is 0.478 e. The lowest BCUT2D eigenvalue weighted by molar-refractivity contribution is 0.202. The maximum absolute atomic E-state index is 11.8. The van der Waals surface area contributed by atoms with Crippen LogP contribution in [0.3, 0.4) is 0 Å². The third-order valence-corrected chi connectivity index (χ3v) is 2.61. The van der Waals surface area contributed by atoms with Gasteiger partial charge in [0.15, 0.2) is 0 Å². The summed E-state index contributed by atoms with van der Waals surface area (Å²) in [4.78, 5) is 17.7. The van der Waals surface area contributed by atoms with E-state index in [0.717, 1.165) is 5.56 Å². The molecule has 0 aromatic carbocycles. The molecule has 0 radical (unpaired) electrons. The van der Waals surface area contributed by atoms with Crippen LogP contribution in [0, 0.1) is 0 Å². The van der Waals surface area contributed by atoms with Gasteiger partial charge >= 0.3 is 6.03 Å². The molecule has 18 heavy (non-hydrogen) atoms. The number of nitrogens with zero attached hydrogens (tertiary/aromatic N) is 2. The Balaban J connectivity index is 2.60. The van der Waals surface area contributed by atoms with E-state index >= 15 is 0 Å². The molecule has 0 unspecified atom stereocenters. The summed E-state index contributed by atoms with van der Waals surface area (Å²) in [6, 6.07) is 3.67. The van der Waals surface area contributed by atoms with E-state index in [1.807, 2.05) is 32.9 Å². The van der Waals surface area contributed by atoms with E-state index in [1.165, 1.54) is 0 Å². The van der Waals surface area contributed by atoms with Gasteiger partial charge in [0.2, 0.25) is 5.88 Å². The van der Waals surface area contributed by atoms with Gasteiger partial charge in [-0.2, -0.15) is 0 Å². The zero-order valence-corrected chi connectivity index (χ0v) is 11.3. The summed E-state index contributed by atoms with van der Waals surface area (Å²) in [5.41, 5.74) is 0.889. The van der Waals surface area contributed by atoms with E-state index in [0.29, 0.717) is 32.1 Å². The number of hydrogen-bond acceptors (Lipinski definition) is 3.